The highest BCUT2D eigenvalue weighted by Crippen LogP contribution is 2.58. The van der Waals surface area contributed by atoms with Crippen LogP contribution in [-0.2, 0) is 0 Å². The van der Waals surface area contributed by atoms with Gasteiger partial charge < -0.3 is 10.6 Å². The lowest BCUT2D eigenvalue weighted by Gasteiger charge is -2.20. The summed E-state index contributed by atoms with van der Waals surface area (Å²) in [6.45, 7) is 4.09. The number of anilines is 2. The maximum Gasteiger partial charge on any atom is 0.0835 e. The van der Waals surface area contributed by atoms with Crippen molar-refractivity contribution in [3.05, 3.63) is 176 Å². The molecule has 3 N–H and O–H groups in total. The Balaban J connectivity index is 1.22. The van der Waals surface area contributed by atoms with Gasteiger partial charge in [0.2, 0.25) is 0 Å². The van der Waals surface area contributed by atoms with Gasteiger partial charge in [-0.25, -0.2) is 0 Å². The summed E-state index contributed by atoms with van der Waals surface area (Å²) in [5.41, 5.74) is 16.1. The van der Waals surface area contributed by atoms with Gasteiger partial charge in [-0.2, -0.15) is 0 Å². The maximum absolute atomic E-state index is 7.42. The Morgan fingerprint density at radius 3 is 1.64 bits per heavy atom. The van der Waals surface area contributed by atoms with Crippen LogP contribution < -0.4 is 10.6 Å². The summed E-state index contributed by atoms with van der Waals surface area (Å²) < 4.78 is 0. The van der Waals surface area contributed by atoms with Crippen LogP contribution in [0, 0.1) is 5.41 Å². The highest BCUT2D eigenvalue weighted by atomic mass is 14.9. The third kappa shape index (κ3) is 4.71. The van der Waals surface area contributed by atoms with Gasteiger partial charge in [-0.15, -0.1) is 0 Å². The van der Waals surface area contributed by atoms with Crippen LogP contribution in [0.5, 0.6) is 0 Å². The fourth-order valence-electron chi connectivity index (χ4n) is 7.77. The van der Waals surface area contributed by atoms with E-state index in [1.165, 1.54) is 71.6 Å². The molecule has 0 heterocycles. The SMILES string of the molecule is C=C(NC=N)c1ccccc1Nc1ccc(-c2ccc3c4c(cccc24)-c2c-3c(-c3ccccc3)c3ccccc3c2-c2ccccc2)cc1. The van der Waals surface area contributed by atoms with E-state index in [-0.39, 0.29) is 0 Å². The first-order valence-electron chi connectivity index (χ1n) is 16.9. The predicted octanol–water partition coefficient (Wildman–Crippen LogP) is 12.6. The molecule has 3 heteroatoms. The van der Waals surface area contributed by atoms with E-state index < -0.39 is 0 Å². The molecule has 8 aromatic carbocycles. The molecule has 8 aromatic rings. The van der Waals surface area contributed by atoms with Crippen molar-refractivity contribution < 1.29 is 0 Å². The second kappa shape index (κ2) is 12.1. The molecular formula is C47H33N3. The molecule has 9 rings (SSSR count). The molecule has 3 nitrogen and oxygen atoms in total. The smallest absolute Gasteiger partial charge is 0.0835 e. The van der Waals surface area contributed by atoms with Gasteiger partial charge >= 0.3 is 0 Å². The summed E-state index contributed by atoms with van der Waals surface area (Å²) in [6.07, 6.45) is 1.15. The summed E-state index contributed by atoms with van der Waals surface area (Å²) in [4.78, 5) is 0. The number of nitrogens with one attached hydrogen (secondary N) is 3. The Labute approximate surface area is 291 Å². The topological polar surface area (TPSA) is 47.9 Å². The van der Waals surface area contributed by atoms with Crippen molar-refractivity contribution >= 4 is 45.0 Å². The van der Waals surface area contributed by atoms with Crippen LogP contribution in [0.15, 0.2) is 170 Å². The van der Waals surface area contributed by atoms with Crippen molar-refractivity contribution in [1.29, 1.82) is 5.41 Å². The Morgan fingerprint density at radius 2 is 1.00 bits per heavy atom. The summed E-state index contributed by atoms with van der Waals surface area (Å²) in [6, 6.07) is 58.7. The van der Waals surface area contributed by atoms with Crippen molar-refractivity contribution in [3.63, 3.8) is 0 Å². The van der Waals surface area contributed by atoms with Gasteiger partial charge in [0.25, 0.3) is 0 Å². The molecule has 236 valence electrons. The summed E-state index contributed by atoms with van der Waals surface area (Å²) in [5, 5.41) is 19.0. The minimum absolute atomic E-state index is 0.673. The minimum atomic E-state index is 0.673. The zero-order valence-electron chi connectivity index (χ0n) is 27.4. The van der Waals surface area contributed by atoms with Crippen molar-refractivity contribution in [2.24, 2.45) is 0 Å². The first-order chi connectivity index (χ1) is 24.7. The van der Waals surface area contributed by atoms with Gasteiger partial charge in [0, 0.05) is 22.6 Å². The van der Waals surface area contributed by atoms with Gasteiger partial charge in [0.15, 0.2) is 0 Å². The Bertz CT molecular complexity index is 2510. The van der Waals surface area contributed by atoms with Crippen LogP contribution in [0.1, 0.15) is 5.56 Å². The average molecular weight is 640 g/mol. The van der Waals surface area contributed by atoms with Gasteiger partial charge in [0.1, 0.15) is 0 Å². The molecule has 1 aliphatic rings. The van der Waals surface area contributed by atoms with Crippen molar-refractivity contribution in [2.75, 3.05) is 5.32 Å². The number of benzene rings is 8. The minimum Gasteiger partial charge on any atom is -0.355 e. The van der Waals surface area contributed by atoms with Crippen LogP contribution in [0.3, 0.4) is 0 Å². The summed E-state index contributed by atoms with van der Waals surface area (Å²) >= 11 is 0. The van der Waals surface area contributed by atoms with E-state index in [0.717, 1.165) is 28.8 Å². The number of fused-ring (bicyclic) bond motifs is 4. The average Bonchev–Trinajstić information content (AvgIpc) is 3.50. The monoisotopic (exact) mass is 639 g/mol. The highest BCUT2D eigenvalue weighted by molar-refractivity contribution is 6.28. The van der Waals surface area contributed by atoms with Gasteiger partial charge in [-0.3, -0.25) is 5.41 Å². The molecule has 0 radical (unpaired) electrons. The number of rotatable bonds is 8. The summed E-state index contributed by atoms with van der Waals surface area (Å²) in [7, 11) is 0. The first kappa shape index (κ1) is 29.4. The Kier molecular flexibility index (Phi) is 7.10. The van der Waals surface area contributed by atoms with Crippen molar-refractivity contribution in [3.8, 4) is 55.6 Å². The van der Waals surface area contributed by atoms with Crippen LogP contribution in [0.4, 0.5) is 11.4 Å². The second-order valence-corrected chi connectivity index (χ2v) is 12.7. The zero-order chi connectivity index (χ0) is 33.6. The molecule has 50 heavy (non-hydrogen) atoms. The molecule has 0 aromatic heterocycles. The first-order valence-corrected chi connectivity index (χ1v) is 16.9. The normalized spacial score (nSPS) is 11.4. The molecular weight excluding hydrogens is 607 g/mol. The lowest BCUT2D eigenvalue weighted by Crippen LogP contribution is -2.08. The fourth-order valence-corrected chi connectivity index (χ4v) is 7.77. The summed E-state index contributed by atoms with van der Waals surface area (Å²) in [5.74, 6) is 0. The second-order valence-electron chi connectivity index (χ2n) is 12.7. The third-order valence-electron chi connectivity index (χ3n) is 9.89. The van der Waals surface area contributed by atoms with E-state index in [1.54, 1.807) is 0 Å². The highest BCUT2D eigenvalue weighted by Gasteiger charge is 2.31. The molecule has 0 amide bonds. The molecule has 0 atom stereocenters. The predicted molar refractivity (Wildman–Crippen MR) is 213 cm³/mol. The van der Waals surface area contributed by atoms with Crippen LogP contribution in [0.2, 0.25) is 0 Å². The maximum atomic E-state index is 7.42. The largest absolute Gasteiger partial charge is 0.355 e. The molecule has 0 spiro atoms. The number of hydrogen-bond acceptors (Lipinski definition) is 2. The molecule has 0 saturated heterocycles. The van der Waals surface area contributed by atoms with Crippen LogP contribution >= 0.6 is 0 Å². The van der Waals surface area contributed by atoms with E-state index >= 15 is 0 Å². The molecule has 1 aliphatic carbocycles. The number of hydrogen-bond donors (Lipinski definition) is 3. The van der Waals surface area contributed by atoms with E-state index in [2.05, 4.69) is 157 Å². The van der Waals surface area contributed by atoms with Gasteiger partial charge in [0.05, 0.1) is 6.34 Å². The standard InChI is InChI=1S/C47H33N3/c1-30(49-29-48)35-17-10-11-22-42(35)50-34-25-23-31(24-26-34)36-27-28-41-45-37(36)20-12-21-40(45)46-43(32-13-4-2-5-14-32)38-18-8-9-19-39(38)44(47(41)46)33-15-6-3-7-16-33/h2-29,50H,1H2,(H2,48,49). The zero-order valence-corrected chi connectivity index (χ0v) is 27.4. The molecule has 0 bridgehead atoms. The van der Waals surface area contributed by atoms with Crippen LogP contribution in [-0.4, -0.2) is 6.34 Å². The molecule has 0 fully saturated rings. The fraction of sp³-hybridized carbons (Fsp3) is 0. The van der Waals surface area contributed by atoms with E-state index in [0.29, 0.717) is 5.70 Å². The molecule has 0 aliphatic heterocycles. The molecule has 0 saturated carbocycles. The lowest BCUT2D eigenvalue weighted by molar-refractivity contribution is 1.30. The van der Waals surface area contributed by atoms with E-state index in [9.17, 15) is 0 Å². The van der Waals surface area contributed by atoms with Crippen molar-refractivity contribution in [2.45, 2.75) is 0 Å². The quantitative estimate of drug-likeness (QED) is 0.114. The molecule has 0 unspecified atom stereocenters. The Morgan fingerprint density at radius 1 is 0.460 bits per heavy atom. The van der Waals surface area contributed by atoms with Crippen molar-refractivity contribution in [1.82, 2.24) is 5.32 Å². The van der Waals surface area contributed by atoms with E-state index in [1.807, 2.05) is 24.3 Å². The lowest BCUT2D eigenvalue weighted by atomic mass is 9.82. The third-order valence-corrected chi connectivity index (χ3v) is 9.89. The number of para-hydroxylation sites is 1. The van der Waals surface area contributed by atoms with Gasteiger partial charge in [-0.1, -0.05) is 152 Å². The van der Waals surface area contributed by atoms with E-state index in [4.69, 9.17) is 5.41 Å². The van der Waals surface area contributed by atoms with Gasteiger partial charge in [-0.05, 0) is 95.4 Å². The van der Waals surface area contributed by atoms with Crippen LogP contribution in [0.25, 0.3) is 82.9 Å². The Hall–Kier alpha value is -6.71.